The molecule has 190 valence electrons. The molecule has 0 spiro atoms. The van der Waals surface area contributed by atoms with Gasteiger partial charge in [-0.15, -0.1) is 0 Å². The van der Waals surface area contributed by atoms with Gasteiger partial charge in [0.1, 0.15) is 0 Å². The standard InChI is InChI=1S/C33H28ClNO2S/c1-22(2)28-20-27-8-5-17-35-33(27)32(21-28)26-7-4-6-23(18-26)19-31(24-9-13-29(34)14-10-24)25-11-15-30(16-12-25)38(3,36)37/h4-22H,1-3H3/b31-19+. The van der Waals surface area contributed by atoms with Crippen LogP contribution in [0.5, 0.6) is 0 Å². The third kappa shape index (κ3) is 5.57. The number of halogens is 1. The van der Waals surface area contributed by atoms with Crippen molar-refractivity contribution in [2.45, 2.75) is 24.7 Å². The van der Waals surface area contributed by atoms with E-state index in [0.29, 0.717) is 15.8 Å². The number of rotatable bonds is 6. The molecule has 0 saturated heterocycles. The lowest BCUT2D eigenvalue weighted by Crippen LogP contribution is -1.97. The summed E-state index contributed by atoms with van der Waals surface area (Å²) in [5.74, 6) is 0.396. The van der Waals surface area contributed by atoms with E-state index in [4.69, 9.17) is 16.6 Å². The highest BCUT2D eigenvalue weighted by Crippen LogP contribution is 2.33. The summed E-state index contributed by atoms with van der Waals surface area (Å²) in [5, 5.41) is 1.79. The smallest absolute Gasteiger partial charge is 0.175 e. The second-order valence-corrected chi connectivity index (χ2v) is 12.2. The van der Waals surface area contributed by atoms with Crippen molar-refractivity contribution in [3.05, 3.63) is 131 Å². The minimum absolute atomic E-state index is 0.295. The SMILES string of the molecule is CC(C)c1cc(-c2cccc(/C=C(\c3ccc(Cl)cc3)c3ccc(S(C)(=O)=O)cc3)c2)c2ncccc2c1. The number of pyridine rings is 1. The normalized spacial score (nSPS) is 12.3. The van der Waals surface area contributed by atoms with Crippen LogP contribution >= 0.6 is 11.6 Å². The number of aromatic nitrogens is 1. The lowest BCUT2D eigenvalue weighted by atomic mass is 9.92. The fourth-order valence-electron chi connectivity index (χ4n) is 4.58. The second kappa shape index (κ2) is 10.6. The minimum Gasteiger partial charge on any atom is -0.256 e. The van der Waals surface area contributed by atoms with Crippen molar-refractivity contribution in [3.8, 4) is 11.1 Å². The van der Waals surface area contributed by atoms with Crippen LogP contribution in [0.3, 0.4) is 0 Å². The quantitative estimate of drug-likeness (QED) is 0.203. The Morgan fingerprint density at radius 2 is 1.53 bits per heavy atom. The Balaban J connectivity index is 1.66. The van der Waals surface area contributed by atoms with Crippen LogP contribution < -0.4 is 0 Å². The zero-order chi connectivity index (χ0) is 26.9. The van der Waals surface area contributed by atoms with Gasteiger partial charge in [0.15, 0.2) is 9.84 Å². The van der Waals surface area contributed by atoms with Gasteiger partial charge in [0.2, 0.25) is 0 Å². The zero-order valence-corrected chi connectivity index (χ0v) is 23.1. The van der Waals surface area contributed by atoms with Gasteiger partial charge in [-0.3, -0.25) is 4.98 Å². The number of hydrogen-bond acceptors (Lipinski definition) is 3. The molecule has 5 aromatic rings. The van der Waals surface area contributed by atoms with E-state index in [-0.39, 0.29) is 0 Å². The highest BCUT2D eigenvalue weighted by molar-refractivity contribution is 7.90. The first kappa shape index (κ1) is 25.9. The molecule has 5 rings (SSSR count). The maximum atomic E-state index is 12.0. The van der Waals surface area contributed by atoms with E-state index in [0.717, 1.165) is 44.3 Å². The summed E-state index contributed by atoms with van der Waals surface area (Å²) in [5.41, 5.74) is 8.35. The van der Waals surface area contributed by atoms with E-state index in [2.05, 4.69) is 62.4 Å². The monoisotopic (exact) mass is 537 g/mol. The highest BCUT2D eigenvalue weighted by atomic mass is 35.5. The van der Waals surface area contributed by atoms with Crippen LogP contribution in [0.15, 0.2) is 108 Å². The molecule has 0 unspecified atom stereocenters. The molecule has 0 aliphatic rings. The van der Waals surface area contributed by atoms with Gasteiger partial charge in [-0.1, -0.05) is 74.0 Å². The third-order valence-electron chi connectivity index (χ3n) is 6.65. The fourth-order valence-corrected chi connectivity index (χ4v) is 5.33. The molecule has 0 amide bonds. The Kier molecular flexibility index (Phi) is 7.20. The van der Waals surface area contributed by atoms with Gasteiger partial charge in [0.05, 0.1) is 10.4 Å². The van der Waals surface area contributed by atoms with Crippen LogP contribution in [0, 0.1) is 0 Å². The van der Waals surface area contributed by atoms with Crippen molar-refractivity contribution in [3.63, 3.8) is 0 Å². The molecule has 0 atom stereocenters. The van der Waals surface area contributed by atoms with Gasteiger partial charge in [-0.2, -0.15) is 0 Å². The van der Waals surface area contributed by atoms with Crippen LogP contribution in [-0.4, -0.2) is 19.7 Å². The maximum absolute atomic E-state index is 12.0. The van der Waals surface area contributed by atoms with Gasteiger partial charge in [0.25, 0.3) is 0 Å². The average Bonchev–Trinajstić information content (AvgIpc) is 2.91. The molecule has 0 saturated carbocycles. The van der Waals surface area contributed by atoms with Gasteiger partial charge < -0.3 is 0 Å². The molecule has 3 nitrogen and oxygen atoms in total. The molecule has 0 bridgehead atoms. The first-order valence-corrected chi connectivity index (χ1v) is 14.7. The number of sulfone groups is 1. The maximum Gasteiger partial charge on any atom is 0.175 e. The van der Waals surface area contributed by atoms with Gasteiger partial charge >= 0.3 is 0 Å². The Morgan fingerprint density at radius 3 is 2.18 bits per heavy atom. The number of hydrogen-bond donors (Lipinski definition) is 0. The van der Waals surface area contributed by atoms with E-state index >= 15 is 0 Å². The van der Waals surface area contributed by atoms with Gasteiger partial charge in [-0.25, -0.2) is 8.42 Å². The van der Waals surface area contributed by atoms with Crippen molar-refractivity contribution in [1.29, 1.82) is 0 Å². The summed E-state index contributed by atoms with van der Waals surface area (Å²) in [4.78, 5) is 5.00. The van der Waals surface area contributed by atoms with E-state index in [1.165, 1.54) is 11.8 Å². The molecule has 1 aromatic heterocycles. The van der Waals surface area contributed by atoms with Crippen molar-refractivity contribution in [2.24, 2.45) is 0 Å². The van der Waals surface area contributed by atoms with E-state index in [1.54, 1.807) is 12.1 Å². The Morgan fingerprint density at radius 1 is 0.842 bits per heavy atom. The number of nitrogens with zero attached hydrogens (tertiary/aromatic N) is 1. The van der Waals surface area contributed by atoms with Crippen LogP contribution in [0.1, 0.15) is 42.0 Å². The first-order chi connectivity index (χ1) is 18.2. The Hall–Kier alpha value is -3.73. The molecular formula is C33H28ClNO2S. The van der Waals surface area contributed by atoms with Crippen molar-refractivity contribution >= 4 is 44.0 Å². The average molecular weight is 538 g/mol. The lowest BCUT2D eigenvalue weighted by Gasteiger charge is -2.13. The summed E-state index contributed by atoms with van der Waals surface area (Å²) in [6.07, 6.45) is 5.18. The molecule has 0 fully saturated rings. The van der Waals surface area contributed by atoms with Crippen LogP contribution in [0.25, 0.3) is 33.7 Å². The molecule has 1 heterocycles. The summed E-state index contributed by atoms with van der Waals surface area (Å²) in [6, 6.07) is 31.7. The molecule has 0 N–H and O–H groups in total. The molecule has 0 aliphatic carbocycles. The van der Waals surface area contributed by atoms with Crippen molar-refractivity contribution < 1.29 is 8.42 Å². The predicted molar refractivity (Wildman–Crippen MR) is 159 cm³/mol. The molecule has 4 aromatic carbocycles. The first-order valence-electron chi connectivity index (χ1n) is 12.5. The van der Waals surface area contributed by atoms with Crippen LogP contribution in [-0.2, 0) is 9.84 Å². The van der Waals surface area contributed by atoms with E-state index < -0.39 is 9.84 Å². The van der Waals surface area contributed by atoms with Crippen LogP contribution in [0.2, 0.25) is 5.02 Å². The lowest BCUT2D eigenvalue weighted by molar-refractivity contribution is 0.602. The fraction of sp³-hybridized carbons (Fsp3) is 0.121. The number of fused-ring (bicyclic) bond motifs is 1. The molecule has 0 radical (unpaired) electrons. The summed E-state index contributed by atoms with van der Waals surface area (Å²) >= 11 is 6.17. The summed E-state index contributed by atoms with van der Waals surface area (Å²) < 4.78 is 24.0. The summed E-state index contributed by atoms with van der Waals surface area (Å²) in [7, 11) is -3.28. The number of benzene rings is 4. The minimum atomic E-state index is -3.28. The van der Waals surface area contributed by atoms with Crippen molar-refractivity contribution in [2.75, 3.05) is 6.26 Å². The molecule has 5 heteroatoms. The molecular weight excluding hydrogens is 510 g/mol. The summed E-state index contributed by atoms with van der Waals surface area (Å²) in [6.45, 7) is 4.40. The van der Waals surface area contributed by atoms with Gasteiger partial charge in [-0.05, 0) is 93.9 Å². The molecule has 38 heavy (non-hydrogen) atoms. The molecule has 0 aliphatic heterocycles. The zero-order valence-electron chi connectivity index (χ0n) is 21.5. The van der Waals surface area contributed by atoms with Crippen LogP contribution in [0.4, 0.5) is 0 Å². The largest absolute Gasteiger partial charge is 0.256 e. The Labute approximate surface area is 229 Å². The van der Waals surface area contributed by atoms with Gasteiger partial charge in [0, 0.05) is 28.4 Å². The topological polar surface area (TPSA) is 47.0 Å². The van der Waals surface area contributed by atoms with E-state index in [9.17, 15) is 8.42 Å². The van der Waals surface area contributed by atoms with Crippen molar-refractivity contribution in [1.82, 2.24) is 4.98 Å². The Bertz CT molecular complexity index is 1750. The van der Waals surface area contributed by atoms with E-state index in [1.807, 2.05) is 48.7 Å². The second-order valence-electron chi connectivity index (χ2n) is 9.79. The third-order valence-corrected chi connectivity index (χ3v) is 8.03. The predicted octanol–water partition coefficient (Wildman–Crippen LogP) is 8.67. The highest BCUT2D eigenvalue weighted by Gasteiger charge is 2.12.